The van der Waals surface area contributed by atoms with Gasteiger partial charge in [0, 0.05) is 34.1 Å². The summed E-state index contributed by atoms with van der Waals surface area (Å²) >= 11 is 0. The number of hydrogen-bond acceptors (Lipinski definition) is 5. The van der Waals surface area contributed by atoms with Crippen molar-refractivity contribution in [1.29, 1.82) is 0 Å². The van der Waals surface area contributed by atoms with Crippen LogP contribution in [-0.2, 0) is 0 Å². The van der Waals surface area contributed by atoms with Crippen molar-refractivity contribution in [2.45, 2.75) is 0 Å². The molecule has 0 fully saturated rings. The molecule has 6 heteroatoms. The summed E-state index contributed by atoms with van der Waals surface area (Å²) in [7, 11) is 0. The zero-order valence-corrected chi connectivity index (χ0v) is 31.7. The summed E-state index contributed by atoms with van der Waals surface area (Å²) in [6.45, 7) is 0. The number of aromatic nitrogens is 6. The smallest absolute Gasteiger partial charge is 0.164 e. The molecule has 0 N–H and O–H groups in total. The Bertz CT molecular complexity index is 3490. The second-order valence-electron chi connectivity index (χ2n) is 14.9. The van der Waals surface area contributed by atoms with Crippen LogP contribution in [0.1, 0.15) is 0 Å². The van der Waals surface area contributed by atoms with Gasteiger partial charge in [-0.3, -0.25) is 9.55 Å². The fraction of sp³-hybridized carbons (Fsp3) is 0. The summed E-state index contributed by atoms with van der Waals surface area (Å²) < 4.78 is 2.18. The molecule has 0 radical (unpaired) electrons. The van der Waals surface area contributed by atoms with Crippen molar-refractivity contribution in [2.24, 2.45) is 0 Å². The molecule has 0 aliphatic heterocycles. The molecule has 274 valence electrons. The molecule has 0 aliphatic carbocycles. The number of imidazole rings is 1. The van der Waals surface area contributed by atoms with Gasteiger partial charge in [-0.25, -0.2) is 19.9 Å². The fourth-order valence-corrected chi connectivity index (χ4v) is 8.69. The Morgan fingerprint density at radius 1 is 0.356 bits per heavy atom. The third-order valence-corrected chi connectivity index (χ3v) is 11.5. The number of nitrogens with zero attached hydrogens (tertiary/aromatic N) is 6. The van der Waals surface area contributed by atoms with Gasteiger partial charge in [-0.1, -0.05) is 133 Å². The topological polar surface area (TPSA) is 69.4 Å². The molecule has 0 unspecified atom stereocenters. The highest BCUT2D eigenvalue weighted by Crippen LogP contribution is 2.38. The van der Waals surface area contributed by atoms with Gasteiger partial charge in [0.05, 0.1) is 17.2 Å². The molecule has 3 aromatic heterocycles. The average molecular weight is 753 g/mol. The lowest BCUT2D eigenvalue weighted by molar-refractivity contribution is 1.07. The standard InChI is InChI=1S/C53H32N6/c1-2-12-35-29-38(22-21-33(35)11-1)53-55-48-27-28-54-32-49(48)59(53)39-25-23-34(24-26-39)50-56-51(46-30-36-13-3-5-15-40(36)42-17-7-9-19-44(42)46)58-52(57-50)47-31-37-14-4-6-16-41(37)43-18-8-10-20-45(43)47/h1-32H. The van der Waals surface area contributed by atoms with Crippen LogP contribution in [-0.4, -0.2) is 29.5 Å². The normalized spacial score (nSPS) is 11.7. The van der Waals surface area contributed by atoms with Crippen molar-refractivity contribution in [1.82, 2.24) is 29.5 Å². The van der Waals surface area contributed by atoms with E-state index in [0.717, 1.165) is 82.5 Å². The van der Waals surface area contributed by atoms with Gasteiger partial charge in [0.15, 0.2) is 17.5 Å². The van der Waals surface area contributed by atoms with Crippen molar-refractivity contribution in [3.63, 3.8) is 0 Å². The minimum atomic E-state index is 0.595. The molecule has 6 nitrogen and oxygen atoms in total. The van der Waals surface area contributed by atoms with E-state index in [-0.39, 0.29) is 0 Å². The predicted octanol–water partition coefficient (Wildman–Crippen LogP) is 13.0. The first-order valence-electron chi connectivity index (χ1n) is 19.7. The Kier molecular flexibility index (Phi) is 7.43. The molecule has 0 amide bonds. The van der Waals surface area contributed by atoms with E-state index in [9.17, 15) is 0 Å². The van der Waals surface area contributed by atoms with Crippen LogP contribution in [0.2, 0.25) is 0 Å². The highest BCUT2D eigenvalue weighted by atomic mass is 15.1. The third-order valence-electron chi connectivity index (χ3n) is 11.5. The minimum absolute atomic E-state index is 0.595. The van der Waals surface area contributed by atoms with E-state index in [1.807, 2.05) is 12.3 Å². The van der Waals surface area contributed by atoms with Crippen molar-refractivity contribution >= 4 is 64.9 Å². The molecule has 3 heterocycles. The van der Waals surface area contributed by atoms with Gasteiger partial charge in [0.2, 0.25) is 0 Å². The molecule has 0 atom stereocenters. The molecule has 0 aliphatic rings. The van der Waals surface area contributed by atoms with Crippen LogP contribution < -0.4 is 0 Å². The summed E-state index contributed by atoms with van der Waals surface area (Å²) in [5, 5.41) is 11.5. The van der Waals surface area contributed by atoms with E-state index in [2.05, 4.69) is 185 Å². The van der Waals surface area contributed by atoms with Crippen LogP contribution in [0.4, 0.5) is 0 Å². The number of hydrogen-bond donors (Lipinski definition) is 0. The van der Waals surface area contributed by atoms with E-state index in [4.69, 9.17) is 19.9 Å². The summed E-state index contributed by atoms with van der Waals surface area (Å²) in [4.78, 5) is 25.5. The van der Waals surface area contributed by atoms with Crippen LogP contribution in [0.3, 0.4) is 0 Å². The summed E-state index contributed by atoms with van der Waals surface area (Å²) in [5.74, 6) is 2.69. The van der Waals surface area contributed by atoms with Crippen molar-refractivity contribution in [3.05, 3.63) is 194 Å². The quantitative estimate of drug-likeness (QED) is 0.164. The Balaban J connectivity index is 1.07. The molecule has 9 aromatic carbocycles. The number of rotatable bonds is 5. The van der Waals surface area contributed by atoms with Crippen LogP contribution in [0, 0.1) is 0 Å². The van der Waals surface area contributed by atoms with Crippen LogP contribution >= 0.6 is 0 Å². The van der Waals surface area contributed by atoms with Crippen LogP contribution in [0.15, 0.2) is 194 Å². The molecule has 0 spiro atoms. The lowest BCUT2D eigenvalue weighted by Crippen LogP contribution is -2.02. The van der Waals surface area contributed by atoms with Gasteiger partial charge in [-0.15, -0.1) is 0 Å². The van der Waals surface area contributed by atoms with E-state index >= 15 is 0 Å². The lowest BCUT2D eigenvalue weighted by Gasteiger charge is -2.14. The van der Waals surface area contributed by atoms with Crippen molar-refractivity contribution in [3.8, 4) is 51.2 Å². The summed E-state index contributed by atoms with van der Waals surface area (Å²) in [6, 6.07) is 63.8. The van der Waals surface area contributed by atoms with Gasteiger partial charge >= 0.3 is 0 Å². The molecule has 0 saturated heterocycles. The van der Waals surface area contributed by atoms with Crippen molar-refractivity contribution in [2.75, 3.05) is 0 Å². The van der Waals surface area contributed by atoms with E-state index < -0.39 is 0 Å². The molecule has 12 rings (SSSR count). The molecular weight excluding hydrogens is 721 g/mol. The Labute approximate surface area is 338 Å². The molecular formula is C53H32N6. The first-order chi connectivity index (χ1) is 29.2. The van der Waals surface area contributed by atoms with Gasteiger partial charge in [-0.2, -0.15) is 0 Å². The van der Waals surface area contributed by atoms with Crippen molar-refractivity contribution < 1.29 is 0 Å². The second-order valence-corrected chi connectivity index (χ2v) is 14.9. The molecule has 59 heavy (non-hydrogen) atoms. The van der Waals surface area contributed by atoms with E-state index in [1.54, 1.807) is 6.20 Å². The second kappa shape index (κ2) is 13.3. The Morgan fingerprint density at radius 2 is 0.864 bits per heavy atom. The SMILES string of the molecule is c1ccc2cc(-c3nc4ccncc4n3-c3ccc(-c4nc(-c5cc6ccccc6c6ccccc56)nc(-c5cc6ccccc6c6ccccc56)n4)cc3)ccc2c1. The highest BCUT2D eigenvalue weighted by Gasteiger charge is 2.20. The number of fused-ring (bicyclic) bond motifs is 8. The fourth-order valence-electron chi connectivity index (χ4n) is 8.69. The first kappa shape index (κ1) is 33.1. The molecule has 0 bridgehead atoms. The molecule has 0 saturated carbocycles. The monoisotopic (exact) mass is 752 g/mol. The first-order valence-corrected chi connectivity index (χ1v) is 19.7. The zero-order chi connectivity index (χ0) is 38.9. The highest BCUT2D eigenvalue weighted by molar-refractivity contribution is 6.15. The van der Waals surface area contributed by atoms with Crippen LogP contribution in [0.5, 0.6) is 0 Å². The zero-order valence-electron chi connectivity index (χ0n) is 31.7. The molecule has 12 aromatic rings. The van der Waals surface area contributed by atoms with E-state index in [1.165, 1.54) is 16.2 Å². The van der Waals surface area contributed by atoms with Crippen LogP contribution in [0.25, 0.3) is 116 Å². The largest absolute Gasteiger partial charge is 0.291 e. The third kappa shape index (κ3) is 5.46. The number of pyridine rings is 1. The maximum atomic E-state index is 5.33. The minimum Gasteiger partial charge on any atom is -0.291 e. The van der Waals surface area contributed by atoms with Gasteiger partial charge in [0.1, 0.15) is 5.82 Å². The summed E-state index contributed by atoms with van der Waals surface area (Å²) in [5.41, 5.74) is 6.60. The maximum Gasteiger partial charge on any atom is 0.164 e. The van der Waals surface area contributed by atoms with Gasteiger partial charge in [-0.05, 0) is 102 Å². The van der Waals surface area contributed by atoms with E-state index in [0.29, 0.717) is 17.5 Å². The maximum absolute atomic E-state index is 5.33. The van der Waals surface area contributed by atoms with Gasteiger partial charge in [0.25, 0.3) is 0 Å². The Hall–Kier alpha value is -8.09. The number of benzene rings is 9. The average Bonchev–Trinajstić information content (AvgIpc) is 3.70. The predicted molar refractivity (Wildman–Crippen MR) is 242 cm³/mol. The summed E-state index contributed by atoms with van der Waals surface area (Å²) in [6.07, 6.45) is 3.67. The van der Waals surface area contributed by atoms with Gasteiger partial charge < -0.3 is 0 Å². The Morgan fingerprint density at radius 3 is 1.49 bits per heavy atom. The lowest BCUT2D eigenvalue weighted by atomic mass is 9.96.